The molecule has 2 amide bonds. The lowest BCUT2D eigenvalue weighted by Crippen LogP contribution is -2.51. The quantitative estimate of drug-likeness (QED) is 0.718. The predicted octanol–water partition coefficient (Wildman–Crippen LogP) is 3.09. The molecule has 0 bridgehead atoms. The molecule has 2 atom stereocenters. The van der Waals surface area contributed by atoms with Crippen molar-refractivity contribution in [2.75, 3.05) is 33.4 Å². The van der Waals surface area contributed by atoms with E-state index in [4.69, 9.17) is 4.74 Å². The van der Waals surface area contributed by atoms with E-state index in [1.807, 2.05) is 18.7 Å². The monoisotopic (exact) mass is 366 g/mol. The summed E-state index contributed by atoms with van der Waals surface area (Å²) in [7, 11) is 1.72. The molecule has 1 saturated carbocycles. The van der Waals surface area contributed by atoms with Crippen LogP contribution in [0.5, 0.6) is 0 Å². The standard InChI is InChI=1S/C21H38N2O3/c1-15(2)12-20(4,5)19(25)22-13-21(14-26-6)7-9-23(10-8-21)18(24)17-11-16(17)3/h15-17H,7-14H2,1-6H3,(H,22,25). The third kappa shape index (κ3) is 5.21. The molecule has 1 aliphatic heterocycles. The molecule has 150 valence electrons. The van der Waals surface area contributed by atoms with Crippen molar-refractivity contribution in [2.24, 2.45) is 28.6 Å². The first-order chi connectivity index (χ1) is 12.1. The van der Waals surface area contributed by atoms with E-state index < -0.39 is 0 Å². The second-order valence-electron chi connectivity index (χ2n) is 9.74. The van der Waals surface area contributed by atoms with Gasteiger partial charge in [-0.2, -0.15) is 0 Å². The number of carbonyl (C=O) groups is 2. The van der Waals surface area contributed by atoms with Crippen LogP contribution < -0.4 is 5.32 Å². The molecule has 1 saturated heterocycles. The summed E-state index contributed by atoms with van der Waals surface area (Å²) in [5.74, 6) is 1.73. The molecule has 1 heterocycles. The number of hydrogen-bond acceptors (Lipinski definition) is 3. The van der Waals surface area contributed by atoms with Crippen LogP contribution >= 0.6 is 0 Å². The Balaban J connectivity index is 1.90. The minimum atomic E-state index is -0.360. The van der Waals surface area contributed by atoms with Crippen LogP contribution in [0.2, 0.25) is 0 Å². The van der Waals surface area contributed by atoms with Crippen LogP contribution in [0.1, 0.15) is 60.3 Å². The number of hydrogen-bond donors (Lipinski definition) is 1. The van der Waals surface area contributed by atoms with Crippen molar-refractivity contribution in [3.05, 3.63) is 0 Å². The molecular formula is C21H38N2O3. The maximum atomic E-state index is 12.7. The molecule has 0 spiro atoms. The van der Waals surface area contributed by atoms with Gasteiger partial charge in [0, 0.05) is 43.5 Å². The maximum absolute atomic E-state index is 12.7. The van der Waals surface area contributed by atoms with Gasteiger partial charge in [-0.05, 0) is 37.5 Å². The zero-order valence-corrected chi connectivity index (χ0v) is 17.6. The van der Waals surface area contributed by atoms with Crippen molar-refractivity contribution in [3.63, 3.8) is 0 Å². The van der Waals surface area contributed by atoms with Crippen molar-refractivity contribution in [2.45, 2.75) is 60.3 Å². The molecule has 2 rings (SSSR count). The molecule has 26 heavy (non-hydrogen) atoms. The highest BCUT2D eigenvalue weighted by Crippen LogP contribution is 2.41. The Morgan fingerprint density at radius 1 is 1.27 bits per heavy atom. The first-order valence-electron chi connectivity index (χ1n) is 10.2. The number of amides is 2. The molecule has 1 aliphatic carbocycles. The fraction of sp³-hybridized carbons (Fsp3) is 0.905. The molecular weight excluding hydrogens is 328 g/mol. The number of methoxy groups -OCH3 is 1. The molecule has 1 N–H and O–H groups in total. The van der Waals surface area contributed by atoms with Gasteiger partial charge in [-0.1, -0.05) is 34.6 Å². The fourth-order valence-corrected chi connectivity index (χ4v) is 4.40. The Bertz CT molecular complexity index is 507. The molecule has 5 heteroatoms. The normalized spacial score (nSPS) is 25.3. The molecule has 0 aromatic heterocycles. The van der Waals surface area contributed by atoms with E-state index in [0.29, 0.717) is 30.9 Å². The van der Waals surface area contributed by atoms with Gasteiger partial charge in [0.2, 0.25) is 11.8 Å². The van der Waals surface area contributed by atoms with Crippen molar-refractivity contribution >= 4 is 11.8 Å². The summed E-state index contributed by atoms with van der Waals surface area (Å²) in [5.41, 5.74) is -0.425. The zero-order valence-electron chi connectivity index (χ0n) is 17.6. The second kappa shape index (κ2) is 8.28. The number of ether oxygens (including phenoxy) is 1. The number of carbonyl (C=O) groups excluding carboxylic acids is 2. The highest BCUT2D eigenvalue weighted by molar-refractivity contribution is 5.82. The van der Waals surface area contributed by atoms with Gasteiger partial charge in [0.15, 0.2) is 0 Å². The second-order valence-corrected chi connectivity index (χ2v) is 9.74. The van der Waals surface area contributed by atoms with Crippen LogP contribution in [0.4, 0.5) is 0 Å². The van der Waals surface area contributed by atoms with Gasteiger partial charge in [-0.15, -0.1) is 0 Å². The highest BCUT2D eigenvalue weighted by atomic mass is 16.5. The number of nitrogens with zero attached hydrogens (tertiary/aromatic N) is 1. The first kappa shape index (κ1) is 21.2. The van der Waals surface area contributed by atoms with Crippen LogP contribution in [-0.4, -0.2) is 50.1 Å². The highest BCUT2D eigenvalue weighted by Gasteiger charge is 2.44. The van der Waals surface area contributed by atoms with Crippen LogP contribution in [0.3, 0.4) is 0 Å². The topological polar surface area (TPSA) is 58.6 Å². The van der Waals surface area contributed by atoms with Crippen molar-refractivity contribution in [3.8, 4) is 0 Å². The molecule has 0 aromatic carbocycles. The summed E-state index contributed by atoms with van der Waals surface area (Å²) in [6, 6.07) is 0. The Hall–Kier alpha value is -1.10. The van der Waals surface area contributed by atoms with Crippen LogP contribution in [0.25, 0.3) is 0 Å². The van der Waals surface area contributed by atoms with Gasteiger partial charge < -0.3 is 15.0 Å². The third-order valence-corrected chi connectivity index (χ3v) is 6.17. The maximum Gasteiger partial charge on any atom is 0.225 e. The summed E-state index contributed by atoms with van der Waals surface area (Å²) in [6.45, 7) is 13.3. The summed E-state index contributed by atoms with van der Waals surface area (Å²) >= 11 is 0. The predicted molar refractivity (Wildman–Crippen MR) is 104 cm³/mol. The van der Waals surface area contributed by atoms with E-state index in [0.717, 1.165) is 38.8 Å². The molecule has 0 radical (unpaired) electrons. The number of likely N-dealkylation sites (tertiary alicyclic amines) is 1. The van der Waals surface area contributed by atoms with E-state index in [1.165, 1.54) is 0 Å². The number of rotatable bonds is 8. The lowest BCUT2D eigenvalue weighted by Gasteiger charge is -2.42. The van der Waals surface area contributed by atoms with Crippen LogP contribution in [0, 0.1) is 28.6 Å². The van der Waals surface area contributed by atoms with Gasteiger partial charge in [-0.25, -0.2) is 0 Å². The van der Waals surface area contributed by atoms with E-state index in [1.54, 1.807) is 7.11 Å². The molecule has 5 nitrogen and oxygen atoms in total. The average molecular weight is 367 g/mol. The molecule has 2 aliphatic rings. The minimum absolute atomic E-state index is 0.0652. The Morgan fingerprint density at radius 3 is 2.31 bits per heavy atom. The smallest absolute Gasteiger partial charge is 0.225 e. The number of nitrogens with one attached hydrogen (secondary N) is 1. The van der Waals surface area contributed by atoms with E-state index in [-0.39, 0.29) is 22.7 Å². The van der Waals surface area contributed by atoms with E-state index in [9.17, 15) is 9.59 Å². The van der Waals surface area contributed by atoms with E-state index in [2.05, 4.69) is 26.1 Å². The Kier molecular flexibility index (Phi) is 6.75. The Labute approximate surface area is 159 Å². The summed E-state index contributed by atoms with van der Waals surface area (Å²) in [6.07, 6.45) is 3.69. The van der Waals surface area contributed by atoms with Gasteiger partial charge in [0.25, 0.3) is 0 Å². The fourth-order valence-electron chi connectivity index (χ4n) is 4.40. The lowest BCUT2D eigenvalue weighted by molar-refractivity contribution is -0.137. The third-order valence-electron chi connectivity index (χ3n) is 6.17. The SMILES string of the molecule is COCC1(CNC(=O)C(C)(C)CC(C)C)CCN(C(=O)C2CC2C)CC1. The van der Waals surface area contributed by atoms with Crippen LogP contribution in [0.15, 0.2) is 0 Å². The molecule has 2 fully saturated rings. The summed E-state index contributed by atoms with van der Waals surface area (Å²) < 4.78 is 5.48. The largest absolute Gasteiger partial charge is 0.384 e. The van der Waals surface area contributed by atoms with Gasteiger partial charge in [0.1, 0.15) is 0 Å². The van der Waals surface area contributed by atoms with E-state index >= 15 is 0 Å². The summed E-state index contributed by atoms with van der Waals surface area (Å²) in [5, 5.41) is 3.19. The zero-order chi connectivity index (χ0) is 19.5. The van der Waals surface area contributed by atoms with Gasteiger partial charge >= 0.3 is 0 Å². The Morgan fingerprint density at radius 2 is 1.85 bits per heavy atom. The summed E-state index contributed by atoms with van der Waals surface area (Å²) in [4.78, 5) is 27.2. The average Bonchev–Trinajstić information content (AvgIpc) is 3.28. The molecule has 0 aromatic rings. The first-order valence-corrected chi connectivity index (χ1v) is 10.2. The lowest BCUT2D eigenvalue weighted by atomic mass is 9.78. The van der Waals surface area contributed by atoms with Crippen LogP contribution in [-0.2, 0) is 14.3 Å². The number of piperidine rings is 1. The van der Waals surface area contributed by atoms with Gasteiger partial charge in [0.05, 0.1) is 6.61 Å². The van der Waals surface area contributed by atoms with Crippen molar-refractivity contribution in [1.29, 1.82) is 0 Å². The minimum Gasteiger partial charge on any atom is -0.384 e. The van der Waals surface area contributed by atoms with Crippen molar-refractivity contribution < 1.29 is 14.3 Å². The van der Waals surface area contributed by atoms with Crippen molar-refractivity contribution in [1.82, 2.24) is 10.2 Å². The van der Waals surface area contributed by atoms with Gasteiger partial charge in [-0.3, -0.25) is 9.59 Å². The molecule has 2 unspecified atom stereocenters.